The summed E-state index contributed by atoms with van der Waals surface area (Å²) in [4.78, 5) is 29.3. The number of imide groups is 1. The fourth-order valence-electron chi connectivity index (χ4n) is 2.77. The summed E-state index contributed by atoms with van der Waals surface area (Å²) in [6, 6.07) is 10.4. The van der Waals surface area contributed by atoms with Crippen LogP contribution in [0.1, 0.15) is 24.0 Å². The van der Waals surface area contributed by atoms with Gasteiger partial charge in [0.1, 0.15) is 0 Å². The molecule has 0 aromatic heterocycles. The predicted molar refractivity (Wildman–Crippen MR) is 94.8 cm³/mol. The molecule has 6 heteroatoms. The number of nitrogens with zero attached hydrogens (tertiary/aromatic N) is 2. The summed E-state index contributed by atoms with van der Waals surface area (Å²) < 4.78 is 5.07. The Balaban J connectivity index is 1.87. The summed E-state index contributed by atoms with van der Waals surface area (Å²) in [6.07, 6.45) is 2.05. The lowest BCUT2D eigenvalue weighted by Crippen LogP contribution is -2.29. The van der Waals surface area contributed by atoms with Gasteiger partial charge >= 0.3 is 0 Å². The van der Waals surface area contributed by atoms with E-state index < -0.39 is 0 Å². The average Bonchev–Trinajstić information content (AvgIpc) is 2.93. The number of anilines is 1. The van der Waals surface area contributed by atoms with Crippen molar-refractivity contribution in [3.63, 3.8) is 0 Å². The molecule has 1 aliphatic heterocycles. The summed E-state index contributed by atoms with van der Waals surface area (Å²) in [5, 5.41) is 10.1. The van der Waals surface area contributed by atoms with Crippen molar-refractivity contribution in [2.24, 2.45) is 4.99 Å². The van der Waals surface area contributed by atoms with Crippen molar-refractivity contribution < 1.29 is 19.4 Å². The van der Waals surface area contributed by atoms with Crippen LogP contribution in [-0.4, -0.2) is 30.2 Å². The van der Waals surface area contributed by atoms with Gasteiger partial charge in [-0.1, -0.05) is 6.07 Å². The first-order chi connectivity index (χ1) is 12.0. The molecule has 0 spiro atoms. The molecule has 2 aromatic carbocycles. The fourth-order valence-corrected chi connectivity index (χ4v) is 2.77. The van der Waals surface area contributed by atoms with Crippen LogP contribution in [0.3, 0.4) is 0 Å². The highest BCUT2D eigenvalue weighted by atomic mass is 16.5. The fraction of sp³-hybridized carbons (Fsp3) is 0.211. The minimum Gasteiger partial charge on any atom is -0.504 e. The number of hydrogen-bond donors (Lipinski definition) is 1. The van der Waals surface area contributed by atoms with Gasteiger partial charge in [0.25, 0.3) is 0 Å². The molecule has 1 aliphatic rings. The maximum Gasteiger partial charge on any atom is 0.234 e. The molecule has 0 radical (unpaired) electrons. The number of aliphatic imine (C=N–C) groups is 1. The first-order valence-electron chi connectivity index (χ1n) is 7.87. The third kappa shape index (κ3) is 3.24. The van der Waals surface area contributed by atoms with Gasteiger partial charge in [-0.25, -0.2) is 0 Å². The van der Waals surface area contributed by atoms with Crippen molar-refractivity contribution in [1.29, 1.82) is 0 Å². The number of methoxy groups -OCH3 is 1. The summed E-state index contributed by atoms with van der Waals surface area (Å²) in [5.74, 6) is 0.0493. The van der Waals surface area contributed by atoms with Crippen LogP contribution < -0.4 is 9.64 Å². The Morgan fingerprint density at radius 1 is 1.16 bits per heavy atom. The molecule has 0 atom stereocenters. The SMILES string of the molecule is COc1cccc(C=Nc2ccc(N3C(=O)CCC3=O)c(C)c2)c1O. The summed E-state index contributed by atoms with van der Waals surface area (Å²) in [7, 11) is 1.49. The summed E-state index contributed by atoms with van der Waals surface area (Å²) >= 11 is 0. The number of rotatable bonds is 4. The lowest BCUT2D eigenvalue weighted by atomic mass is 10.1. The van der Waals surface area contributed by atoms with E-state index in [0.717, 1.165) is 5.56 Å². The smallest absolute Gasteiger partial charge is 0.234 e. The summed E-state index contributed by atoms with van der Waals surface area (Å²) in [5.41, 5.74) is 2.57. The molecule has 0 saturated carbocycles. The van der Waals surface area contributed by atoms with Crippen molar-refractivity contribution in [3.05, 3.63) is 47.5 Å². The number of phenols is 1. The van der Waals surface area contributed by atoms with Crippen molar-refractivity contribution in [3.8, 4) is 11.5 Å². The molecule has 0 bridgehead atoms. The molecule has 1 heterocycles. The van der Waals surface area contributed by atoms with Crippen molar-refractivity contribution in [1.82, 2.24) is 0 Å². The number of aryl methyl sites for hydroxylation is 1. The zero-order valence-corrected chi connectivity index (χ0v) is 14.0. The van der Waals surface area contributed by atoms with E-state index >= 15 is 0 Å². The number of carbonyl (C=O) groups excluding carboxylic acids is 2. The van der Waals surface area contributed by atoms with Crippen LogP contribution in [0.25, 0.3) is 0 Å². The monoisotopic (exact) mass is 338 g/mol. The first kappa shape index (κ1) is 16.7. The zero-order valence-electron chi connectivity index (χ0n) is 14.0. The molecule has 0 unspecified atom stereocenters. The minimum absolute atomic E-state index is 0.0235. The number of ether oxygens (including phenoxy) is 1. The van der Waals surface area contributed by atoms with Gasteiger partial charge in [-0.05, 0) is 42.8 Å². The minimum atomic E-state index is -0.175. The number of carbonyl (C=O) groups is 2. The second-order valence-electron chi connectivity index (χ2n) is 5.75. The topological polar surface area (TPSA) is 79.2 Å². The predicted octanol–water partition coefficient (Wildman–Crippen LogP) is 3.11. The Morgan fingerprint density at radius 2 is 1.88 bits per heavy atom. The van der Waals surface area contributed by atoms with E-state index in [1.807, 2.05) is 6.92 Å². The molecule has 2 amide bonds. The molecule has 128 valence electrons. The van der Waals surface area contributed by atoms with Gasteiger partial charge in [-0.3, -0.25) is 19.5 Å². The Hall–Kier alpha value is -3.15. The molecule has 25 heavy (non-hydrogen) atoms. The highest BCUT2D eigenvalue weighted by Crippen LogP contribution is 2.31. The number of amides is 2. The van der Waals surface area contributed by atoms with Crippen LogP contribution in [0.15, 0.2) is 41.4 Å². The van der Waals surface area contributed by atoms with Gasteiger partial charge in [0, 0.05) is 24.6 Å². The van der Waals surface area contributed by atoms with Crippen LogP contribution in [-0.2, 0) is 9.59 Å². The van der Waals surface area contributed by atoms with E-state index in [-0.39, 0.29) is 30.4 Å². The van der Waals surface area contributed by atoms with E-state index in [1.54, 1.807) is 42.6 Å². The van der Waals surface area contributed by atoms with Crippen molar-refractivity contribution in [2.45, 2.75) is 19.8 Å². The Morgan fingerprint density at radius 3 is 2.52 bits per heavy atom. The number of aromatic hydroxyl groups is 1. The van der Waals surface area contributed by atoms with Crippen LogP contribution in [0.5, 0.6) is 11.5 Å². The van der Waals surface area contributed by atoms with Crippen LogP contribution in [0, 0.1) is 6.92 Å². The molecule has 1 fully saturated rings. The third-order valence-corrected chi connectivity index (χ3v) is 4.08. The molecule has 6 nitrogen and oxygen atoms in total. The van der Waals surface area contributed by atoms with E-state index in [0.29, 0.717) is 22.7 Å². The Kier molecular flexibility index (Phi) is 4.52. The number of hydrogen-bond acceptors (Lipinski definition) is 5. The van der Waals surface area contributed by atoms with Crippen molar-refractivity contribution >= 4 is 29.4 Å². The molecular formula is C19H18N2O4. The molecule has 0 aliphatic carbocycles. The third-order valence-electron chi connectivity index (χ3n) is 4.08. The van der Waals surface area contributed by atoms with Gasteiger partial charge in [-0.15, -0.1) is 0 Å². The van der Waals surface area contributed by atoms with Gasteiger partial charge in [-0.2, -0.15) is 0 Å². The second-order valence-corrected chi connectivity index (χ2v) is 5.75. The molecular weight excluding hydrogens is 320 g/mol. The van der Waals surface area contributed by atoms with E-state index in [2.05, 4.69) is 4.99 Å². The molecule has 1 saturated heterocycles. The number of benzene rings is 2. The first-order valence-corrected chi connectivity index (χ1v) is 7.87. The second kappa shape index (κ2) is 6.76. The van der Waals surface area contributed by atoms with Crippen LogP contribution >= 0.6 is 0 Å². The standard InChI is InChI=1S/C19H18N2O4/c1-12-10-14(6-7-15(12)21-17(22)8-9-18(21)23)20-11-13-4-3-5-16(25-2)19(13)24/h3-7,10-11,24H,8-9H2,1-2H3. The highest BCUT2D eigenvalue weighted by Gasteiger charge is 2.31. The zero-order chi connectivity index (χ0) is 18.0. The van der Waals surface area contributed by atoms with Gasteiger partial charge < -0.3 is 9.84 Å². The number of phenolic OH excluding ortho intramolecular Hbond substituents is 1. The van der Waals surface area contributed by atoms with Gasteiger partial charge in [0.05, 0.1) is 18.5 Å². The van der Waals surface area contributed by atoms with Crippen LogP contribution in [0.4, 0.5) is 11.4 Å². The highest BCUT2D eigenvalue weighted by molar-refractivity contribution is 6.20. The quantitative estimate of drug-likeness (QED) is 0.686. The normalized spacial score (nSPS) is 14.6. The maximum atomic E-state index is 11.9. The van der Waals surface area contributed by atoms with E-state index in [1.165, 1.54) is 12.0 Å². The van der Waals surface area contributed by atoms with E-state index in [4.69, 9.17) is 4.74 Å². The molecule has 2 aromatic rings. The van der Waals surface area contributed by atoms with Gasteiger partial charge in [0.15, 0.2) is 11.5 Å². The maximum absolute atomic E-state index is 11.9. The van der Waals surface area contributed by atoms with E-state index in [9.17, 15) is 14.7 Å². The lowest BCUT2D eigenvalue weighted by Gasteiger charge is -2.16. The van der Waals surface area contributed by atoms with Gasteiger partial charge in [0.2, 0.25) is 11.8 Å². The van der Waals surface area contributed by atoms with Crippen LogP contribution in [0.2, 0.25) is 0 Å². The molecule has 1 N–H and O–H groups in total. The molecule has 3 rings (SSSR count). The average molecular weight is 338 g/mol. The lowest BCUT2D eigenvalue weighted by molar-refractivity contribution is -0.121. The van der Waals surface area contributed by atoms with Crippen molar-refractivity contribution in [2.75, 3.05) is 12.0 Å². The Labute approximate surface area is 145 Å². The number of para-hydroxylation sites is 1. The Bertz CT molecular complexity index is 858. The largest absolute Gasteiger partial charge is 0.504 e. The summed E-state index contributed by atoms with van der Waals surface area (Å²) in [6.45, 7) is 1.83.